The van der Waals surface area contributed by atoms with Gasteiger partial charge < -0.3 is 5.11 Å². The average Bonchev–Trinajstić information content (AvgIpc) is 1.90. The van der Waals surface area contributed by atoms with Gasteiger partial charge in [0.2, 0.25) is 0 Å². The van der Waals surface area contributed by atoms with Gasteiger partial charge in [0.1, 0.15) is 24.5 Å². The summed E-state index contributed by atoms with van der Waals surface area (Å²) in [5.74, 6) is 0. The first-order valence-electron chi connectivity index (χ1n) is 3.03. The summed E-state index contributed by atoms with van der Waals surface area (Å²) in [6, 6.07) is 0. The lowest BCUT2D eigenvalue weighted by Crippen LogP contribution is -2.46. The zero-order valence-electron chi connectivity index (χ0n) is 6.08. The Kier molecular flexibility index (Phi) is 3.84. The van der Waals surface area contributed by atoms with E-state index in [0.29, 0.717) is 0 Å². The van der Waals surface area contributed by atoms with Gasteiger partial charge in [-0.05, 0) is 6.92 Å². The Labute approximate surface area is 71.7 Å². The van der Waals surface area contributed by atoms with E-state index in [1.54, 1.807) is 0 Å². The summed E-state index contributed by atoms with van der Waals surface area (Å²) in [4.78, 5) is 0. The van der Waals surface area contributed by atoms with E-state index >= 15 is 0 Å². The predicted molar refractivity (Wildman–Crippen MR) is 39.9 cm³/mol. The number of halogens is 4. The van der Waals surface area contributed by atoms with Crippen molar-refractivity contribution >= 4 is 15.9 Å². The van der Waals surface area contributed by atoms with Crippen LogP contribution in [0.1, 0.15) is 6.92 Å². The molecule has 0 aliphatic heterocycles. The molecular weight excluding hydrogens is 225 g/mol. The van der Waals surface area contributed by atoms with Gasteiger partial charge in [-0.25, -0.2) is 0 Å². The predicted octanol–water partition coefficient (Wildman–Crippen LogP) is 1.98. The molecule has 1 nitrogen and oxygen atoms in total. The fourth-order valence-electron chi connectivity index (χ4n) is 0.473. The van der Waals surface area contributed by atoms with Crippen LogP contribution in [0.25, 0.3) is 0 Å². The third-order valence-electron chi connectivity index (χ3n) is 1.74. The summed E-state index contributed by atoms with van der Waals surface area (Å²) in [5.41, 5.74) is -1.97. The van der Waals surface area contributed by atoms with Gasteiger partial charge >= 0.3 is 0 Å². The van der Waals surface area contributed by atoms with E-state index in [1.165, 1.54) is 0 Å². The third-order valence-corrected chi connectivity index (χ3v) is 2.58. The van der Waals surface area contributed by atoms with Crippen molar-refractivity contribution in [1.29, 1.82) is 0 Å². The Morgan fingerprint density at radius 3 is 1.45 bits per heavy atom. The van der Waals surface area contributed by atoms with Crippen molar-refractivity contribution in [3.8, 4) is 0 Å². The highest BCUT2D eigenvalue weighted by Gasteiger charge is 2.46. The van der Waals surface area contributed by atoms with Crippen LogP contribution in [0.5, 0.6) is 0 Å². The van der Waals surface area contributed by atoms with Crippen molar-refractivity contribution in [2.24, 2.45) is 5.41 Å². The lowest BCUT2D eigenvalue weighted by atomic mass is 9.87. The van der Waals surface area contributed by atoms with E-state index in [2.05, 4.69) is 15.9 Å². The summed E-state index contributed by atoms with van der Waals surface area (Å²) in [6.07, 6.45) is 0. The third kappa shape index (κ3) is 2.08. The Morgan fingerprint density at radius 1 is 1.18 bits per heavy atom. The number of alkyl halides is 4. The fraction of sp³-hybridized carbons (Fsp3) is 1.00. The molecule has 68 valence electrons. The summed E-state index contributed by atoms with van der Waals surface area (Å²) < 4.78 is 34.6. The first kappa shape index (κ1) is 11.2. The van der Waals surface area contributed by atoms with E-state index in [0.717, 1.165) is 6.92 Å². The molecule has 0 aromatic rings. The molecule has 0 aliphatic rings. The molecule has 5 heteroatoms. The van der Waals surface area contributed by atoms with Crippen LogP contribution < -0.4 is 0 Å². The summed E-state index contributed by atoms with van der Waals surface area (Å²) >= 11 is 2.62. The lowest BCUT2D eigenvalue weighted by molar-refractivity contribution is -0.0363. The number of rotatable bonds is 4. The second kappa shape index (κ2) is 3.76. The number of aliphatic hydroxyl groups is 1. The molecule has 0 aromatic carbocycles. The van der Waals surface area contributed by atoms with Crippen molar-refractivity contribution in [2.45, 2.75) is 11.4 Å². The minimum Gasteiger partial charge on any atom is -0.378 e. The molecule has 1 unspecified atom stereocenters. The zero-order valence-corrected chi connectivity index (χ0v) is 7.67. The van der Waals surface area contributed by atoms with Gasteiger partial charge in [-0.2, -0.15) is 0 Å². The summed E-state index contributed by atoms with van der Waals surface area (Å²) in [7, 11) is 0. The molecule has 0 spiro atoms. The van der Waals surface area contributed by atoms with Gasteiger partial charge in [-0.15, -0.1) is 0 Å². The van der Waals surface area contributed by atoms with Crippen molar-refractivity contribution in [2.75, 3.05) is 20.0 Å². The van der Waals surface area contributed by atoms with Crippen LogP contribution in [0.4, 0.5) is 13.2 Å². The highest BCUT2D eigenvalue weighted by Crippen LogP contribution is 2.38. The normalized spacial score (nSPS) is 18.0. The minimum atomic E-state index is -1.97. The summed E-state index contributed by atoms with van der Waals surface area (Å²) in [6.45, 7) is -2.60. The number of hydrogen-bond donors (Lipinski definition) is 1. The molecule has 11 heavy (non-hydrogen) atoms. The first-order valence-corrected chi connectivity index (χ1v) is 3.82. The van der Waals surface area contributed by atoms with Gasteiger partial charge in [0.05, 0.1) is 5.41 Å². The fourth-order valence-corrected chi connectivity index (χ4v) is 0.791. The maximum atomic E-state index is 12.1. The molecule has 0 rings (SSSR count). The lowest BCUT2D eigenvalue weighted by Gasteiger charge is -2.34. The van der Waals surface area contributed by atoms with Gasteiger partial charge in [0.15, 0.2) is 0 Å². The number of hydrogen-bond acceptors (Lipinski definition) is 1. The first-order chi connectivity index (χ1) is 4.93. The maximum Gasteiger partial charge on any atom is 0.129 e. The van der Waals surface area contributed by atoms with E-state index in [9.17, 15) is 13.2 Å². The molecule has 0 radical (unpaired) electrons. The van der Waals surface area contributed by atoms with Crippen LogP contribution in [0.15, 0.2) is 0 Å². The van der Waals surface area contributed by atoms with Crippen LogP contribution in [0, 0.1) is 5.41 Å². The highest BCUT2D eigenvalue weighted by molar-refractivity contribution is 9.10. The molecule has 1 atom stereocenters. The second-order valence-corrected chi connectivity index (χ2v) is 4.18. The Hall–Kier alpha value is 0.230. The van der Waals surface area contributed by atoms with Crippen molar-refractivity contribution in [3.63, 3.8) is 0 Å². The van der Waals surface area contributed by atoms with Gasteiger partial charge in [-0.3, -0.25) is 13.2 Å². The van der Waals surface area contributed by atoms with Crippen LogP contribution in [-0.2, 0) is 0 Å². The zero-order chi connectivity index (χ0) is 9.12. The van der Waals surface area contributed by atoms with Crippen molar-refractivity contribution in [1.82, 2.24) is 0 Å². The molecule has 0 aliphatic carbocycles. The second-order valence-electron chi connectivity index (χ2n) is 2.63. The van der Waals surface area contributed by atoms with E-state index < -0.39 is 29.9 Å². The Balaban J connectivity index is 4.54. The molecule has 0 saturated heterocycles. The van der Waals surface area contributed by atoms with Crippen LogP contribution in [0.3, 0.4) is 0 Å². The van der Waals surface area contributed by atoms with Gasteiger partial charge in [-0.1, -0.05) is 15.9 Å². The molecule has 0 amide bonds. The SMILES string of the molecule is CC(O)(Br)C(CF)(CF)CF. The van der Waals surface area contributed by atoms with Crippen molar-refractivity contribution < 1.29 is 18.3 Å². The van der Waals surface area contributed by atoms with E-state index in [-0.39, 0.29) is 0 Å². The van der Waals surface area contributed by atoms with Gasteiger partial charge in [0.25, 0.3) is 0 Å². The van der Waals surface area contributed by atoms with Crippen molar-refractivity contribution in [3.05, 3.63) is 0 Å². The molecule has 0 aromatic heterocycles. The molecule has 0 fully saturated rings. The molecular formula is C6H10BrF3O. The Morgan fingerprint density at radius 2 is 1.45 bits per heavy atom. The summed E-state index contributed by atoms with van der Waals surface area (Å²) in [5, 5.41) is 9.12. The minimum absolute atomic E-state index is 1.12. The average molecular weight is 235 g/mol. The van der Waals surface area contributed by atoms with E-state index in [4.69, 9.17) is 5.11 Å². The monoisotopic (exact) mass is 234 g/mol. The quantitative estimate of drug-likeness (QED) is 0.738. The van der Waals surface area contributed by atoms with Gasteiger partial charge in [0, 0.05) is 0 Å². The molecule has 0 heterocycles. The molecule has 0 saturated carbocycles. The maximum absolute atomic E-state index is 12.1. The standard InChI is InChI=1S/C6H10BrF3O/c1-5(7,11)6(2-8,3-9)4-10/h11H,2-4H2,1H3. The smallest absolute Gasteiger partial charge is 0.129 e. The molecule has 1 N–H and O–H groups in total. The van der Waals surface area contributed by atoms with Crippen LogP contribution in [-0.4, -0.2) is 29.6 Å². The van der Waals surface area contributed by atoms with Crippen LogP contribution >= 0.6 is 15.9 Å². The topological polar surface area (TPSA) is 20.2 Å². The van der Waals surface area contributed by atoms with Crippen LogP contribution in [0.2, 0.25) is 0 Å². The molecule has 0 bridgehead atoms. The largest absolute Gasteiger partial charge is 0.378 e. The highest BCUT2D eigenvalue weighted by atomic mass is 79.9. The van der Waals surface area contributed by atoms with E-state index in [1.807, 2.05) is 0 Å². The Bertz CT molecular complexity index is 111.